The van der Waals surface area contributed by atoms with Crippen molar-refractivity contribution in [3.8, 4) is 0 Å². The van der Waals surface area contributed by atoms with Gasteiger partial charge in [0.25, 0.3) is 5.91 Å². The van der Waals surface area contributed by atoms with Crippen LogP contribution < -0.4 is 15.1 Å². The normalized spacial score (nSPS) is 21.5. The number of rotatable bonds is 5. The standard InChI is InChI=1S/C21H21ClFN3O4S/c22-13-1-4-19(31)16(9-13)20(27)24-11-15-12-26(21(28)30-15)14-2-3-18(17(23)10-14)25-5-7-29-8-6-25/h1-3,9-10,15H,4-8,11-12H2,(H,24,27)/t15-/m0/s1. The van der Waals surface area contributed by atoms with E-state index in [-0.39, 0.29) is 19.0 Å². The van der Waals surface area contributed by atoms with Crippen LogP contribution in [0.5, 0.6) is 0 Å². The van der Waals surface area contributed by atoms with Crippen LogP contribution in [0.2, 0.25) is 0 Å². The molecule has 0 aromatic heterocycles. The van der Waals surface area contributed by atoms with Gasteiger partial charge >= 0.3 is 6.09 Å². The molecule has 7 nitrogen and oxygen atoms in total. The topological polar surface area (TPSA) is 71.1 Å². The Hall–Kier alpha value is -2.49. The van der Waals surface area contributed by atoms with Crippen molar-refractivity contribution in [3.63, 3.8) is 0 Å². The Labute approximate surface area is 189 Å². The minimum Gasteiger partial charge on any atom is -0.442 e. The molecule has 0 spiro atoms. The number of allylic oxidation sites excluding steroid dienone is 3. The lowest BCUT2D eigenvalue weighted by Gasteiger charge is -2.29. The molecule has 0 radical (unpaired) electrons. The lowest BCUT2D eigenvalue weighted by atomic mass is 10.0. The Morgan fingerprint density at radius 1 is 1.32 bits per heavy atom. The number of morpholine rings is 1. The van der Waals surface area contributed by atoms with Crippen molar-refractivity contribution in [2.24, 2.45) is 0 Å². The smallest absolute Gasteiger partial charge is 0.414 e. The van der Waals surface area contributed by atoms with E-state index in [9.17, 15) is 14.0 Å². The molecule has 0 bridgehead atoms. The van der Waals surface area contributed by atoms with Gasteiger partial charge in [0.2, 0.25) is 0 Å². The second kappa shape index (κ2) is 9.33. The van der Waals surface area contributed by atoms with Gasteiger partial charge in [0.15, 0.2) is 0 Å². The first kappa shape index (κ1) is 21.7. The fourth-order valence-electron chi connectivity index (χ4n) is 3.63. The molecule has 2 fully saturated rings. The lowest BCUT2D eigenvalue weighted by Crippen LogP contribution is -2.37. The highest BCUT2D eigenvalue weighted by molar-refractivity contribution is 7.81. The highest BCUT2D eigenvalue weighted by Crippen LogP contribution is 2.28. The van der Waals surface area contributed by atoms with E-state index in [1.54, 1.807) is 18.2 Å². The fourth-order valence-corrected chi connectivity index (χ4v) is 4.06. The van der Waals surface area contributed by atoms with Crippen LogP contribution in [0.1, 0.15) is 6.42 Å². The molecule has 10 heteroatoms. The number of carbonyl (C=O) groups excluding carboxylic acids is 2. The number of carbonyl (C=O) groups is 2. The number of cyclic esters (lactones) is 1. The Kier molecular flexibility index (Phi) is 6.54. The van der Waals surface area contributed by atoms with Crippen molar-refractivity contribution in [3.05, 3.63) is 46.8 Å². The molecule has 2 amide bonds. The first-order chi connectivity index (χ1) is 14.9. The maximum atomic E-state index is 14.7. The summed E-state index contributed by atoms with van der Waals surface area (Å²) in [5.41, 5.74) is 1.22. The second-order valence-electron chi connectivity index (χ2n) is 7.34. The number of ether oxygens (including phenoxy) is 2. The largest absolute Gasteiger partial charge is 0.442 e. The summed E-state index contributed by atoms with van der Waals surface area (Å²) in [4.78, 5) is 28.5. The molecule has 0 unspecified atom stereocenters. The third-order valence-electron chi connectivity index (χ3n) is 5.27. The molecule has 1 N–H and O–H groups in total. The molecule has 4 rings (SSSR count). The number of halogens is 2. The number of thiocarbonyl (C=S) groups is 1. The number of benzene rings is 1. The molecule has 1 atom stereocenters. The Bertz CT molecular complexity index is 977. The van der Waals surface area contributed by atoms with E-state index in [2.05, 4.69) is 5.32 Å². The van der Waals surface area contributed by atoms with Gasteiger partial charge in [0, 0.05) is 29.4 Å². The van der Waals surface area contributed by atoms with Crippen LogP contribution in [0.4, 0.5) is 20.6 Å². The molecular formula is C21H21ClFN3O4S. The van der Waals surface area contributed by atoms with Gasteiger partial charge in [-0.2, -0.15) is 0 Å². The van der Waals surface area contributed by atoms with Crippen LogP contribution >= 0.6 is 23.8 Å². The summed E-state index contributed by atoms with van der Waals surface area (Å²) < 4.78 is 25.3. The van der Waals surface area contributed by atoms with Crippen molar-refractivity contribution in [1.82, 2.24) is 5.32 Å². The number of hydrogen-bond donors (Lipinski definition) is 1. The fraction of sp³-hybridized carbons (Fsp3) is 0.381. The zero-order valence-corrected chi connectivity index (χ0v) is 18.2. The molecule has 1 aromatic rings. The Balaban J connectivity index is 1.37. The Morgan fingerprint density at radius 3 is 2.84 bits per heavy atom. The number of hydrogen-bond acceptors (Lipinski definition) is 6. The summed E-state index contributed by atoms with van der Waals surface area (Å²) in [5.74, 6) is -0.779. The molecule has 0 saturated carbocycles. The van der Waals surface area contributed by atoms with E-state index in [1.165, 1.54) is 17.0 Å². The first-order valence-corrected chi connectivity index (χ1v) is 10.7. The number of amides is 2. The van der Waals surface area contributed by atoms with Crippen LogP contribution in [0.25, 0.3) is 0 Å². The maximum absolute atomic E-state index is 14.7. The van der Waals surface area contributed by atoms with Crippen molar-refractivity contribution in [2.45, 2.75) is 12.5 Å². The lowest BCUT2D eigenvalue weighted by molar-refractivity contribution is -0.117. The third kappa shape index (κ3) is 4.89. The van der Waals surface area contributed by atoms with Gasteiger partial charge in [-0.3, -0.25) is 9.69 Å². The molecule has 2 saturated heterocycles. The van der Waals surface area contributed by atoms with Gasteiger partial charge in [0.05, 0.1) is 43.3 Å². The number of nitrogens with zero attached hydrogens (tertiary/aromatic N) is 2. The first-order valence-electron chi connectivity index (χ1n) is 9.91. The summed E-state index contributed by atoms with van der Waals surface area (Å²) in [5, 5.41) is 3.18. The van der Waals surface area contributed by atoms with E-state index >= 15 is 0 Å². The highest BCUT2D eigenvalue weighted by atomic mass is 35.5. The van der Waals surface area contributed by atoms with E-state index in [1.807, 2.05) is 4.90 Å². The molecule has 1 aromatic carbocycles. The minimum atomic E-state index is -0.587. The zero-order chi connectivity index (χ0) is 22.0. The van der Waals surface area contributed by atoms with E-state index < -0.39 is 18.0 Å². The zero-order valence-electron chi connectivity index (χ0n) is 16.6. The predicted octanol–water partition coefficient (Wildman–Crippen LogP) is 2.93. The summed E-state index contributed by atoms with van der Waals surface area (Å²) >= 11 is 11.2. The van der Waals surface area contributed by atoms with Crippen molar-refractivity contribution >= 4 is 52.1 Å². The van der Waals surface area contributed by atoms with Gasteiger partial charge in [-0.25, -0.2) is 9.18 Å². The monoisotopic (exact) mass is 465 g/mol. The van der Waals surface area contributed by atoms with Gasteiger partial charge in [0.1, 0.15) is 11.9 Å². The molecule has 2 aliphatic heterocycles. The molecule has 164 valence electrons. The SMILES string of the molecule is O=C(NC[C@H]1CN(c2ccc(N3CCOCC3)c(F)c2)C(=O)O1)C1=CC(Cl)=CCC1=S. The van der Waals surface area contributed by atoms with Crippen molar-refractivity contribution in [2.75, 3.05) is 49.2 Å². The summed E-state index contributed by atoms with van der Waals surface area (Å²) in [6, 6.07) is 4.68. The van der Waals surface area contributed by atoms with E-state index in [0.29, 0.717) is 59.6 Å². The van der Waals surface area contributed by atoms with Gasteiger partial charge in [-0.15, -0.1) is 0 Å². The molecule has 2 heterocycles. The van der Waals surface area contributed by atoms with Crippen LogP contribution in [-0.4, -0.2) is 62.4 Å². The summed E-state index contributed by atoms with van der Waals surface area (Å²) in [6.07, 6.45) is 2.54. The van der Waals surface area contributed by atoms with Crippen LogP contribution in [-0.2, 0) is 14.3 Å². The van der Waals surface area contributed by atoms with Gasteiger partial charge < -0.3 is 19.7 Å². The molecule has 31 heavy (non-hydrogen) atoms. The molecular weight excluding hydrogens is 445 g/mol. The minimum absolute atomic E-state index is 0.108. The van der Waals surface area contributed by atoms with E-state index in [0.717, 1.165) is 0 Å². The quantitative estimate of drug-likeness (QED) is 0.674. The maximum Gasteiger partial charge on any atom is 0.414 e. The Morgan fingerprint density at radius 2 is 2.10 bits per heavy atom. The summed E-state index contributed by atoms with van der Waals surface area (Å²) in [6.45, 7) is 2.64. The molecule has 3 aliphatic rings. The number of anilines is 2. The summed E-state index contributed by atoms with van der Waals surface area (Å²) in [7, 11) is 0. The van der Waals surface area contributed by atoms with Crippen molar-refractivity contribution in [1.29, 1.82) is 0 Å². The molecule has 1 aliphatic carbocycles. The van der Waals surface area contributed by atoms with Crippen molar-refractivity contribution < 1.29 is 23.5 Å². The second-order valence-corrected chi connectivity index (χ2v) is 8.27. The average molecular weight is 466 g/mol. The van der Waals surface area contributed by atoms with E-state index in [4.69, 9.17) is 33.3 Å². The van der Waals surface area contributed by atoms with Crippen LogP contribution in [0, 0.1) is 5.82 Å². The van der Waals surface area contributed by atoms with Gasteiger partial charge in [-0.05, 0) is 24.3 Å². The third-order valence-corrected chi connectivity index (χ3v) is 5.92. The highest BCUT2D eigenvalue weighted by Gasteiger charge is 2.33. The van der Waals surface area contributed by atoms with Crippen LogP contribution in [0.15, 0.2) is 41.0 Å². The average Bonchev–Trinajstić information content (AvgIpc) is 3.14. The predicted molar refractivity (Wildman–Crippen MR) is 119 cm³/mol. The van der Waals surface area contributed by atoms with Gasteiger partial charge in [-0.1, -0.05) is 29.9 Å². The van der Waals surface area contributed by atoms with Crippen LogP contribution in [0.3, 0.4) is 0 Å². The number of nitrogens with one attached hydrogen (secondary N) is 1.